The van der Waals surface area contributed by atoms with Crippen LogP contribution in [0.25, 0.3) is 0 Å². The van der Waals surface area contributed by atoms with Crippen molar-refractivity contribution in [2.24, 2.45) is 0 Å². The minimum absolute atomic E-state index is 0.100. The van der Waals surface area contributed by atoms with Crippen LogP contribution in [-0.2, 0) is 9.84 Å². The summed E-state index contributed by atoms with van der Waals surface area (Å²) in [5, 5.41) is 2.73. The molecule has 1 heterocycles. The van der Waals surface area contributed by atoms with Crippen molar-refractivity contribution in [1.29, 1.82) is 0 Å². The molecular formula is C11H11BrN2O3S. The van der Waals surface area contributed by atoms with Crippen LogP contribution in [0.1, 0.15) is 23.9 Å². The summed E-state index contributed by atoms with van der Waals surface area (Å²) in [4.78, 5) is 4.18. The van der Waals surface area contributed by atoms with Gasteiger partial charge in [-0.05, 0) is 41.9 Å². The molecule has 0 spiro atoms. The van der Waals surface area contributed by atoms with Gasteiger partial charge in [-0.15, -0.1) is 0 Å². The van der Waals surface area contributed by atoms with Crippen LogP contribution in [-0.4, -0.2) is 18.6 Å². The third kappa shape index (κ3) is 2.32. The average molecular weight is 331 g/mol. The van der Waals surface area contributed by atoms with Gasteiger partial charge in [0.25, 0.3) is 0 Å². The van der Waals surface area contributed by atoms with Gasteiger partial charge in [0.1, 0.15) is 5.25 Å². The van der Waals surface area contributed by atoms with Crippen molar-refractivity contribution in [2.75, 3.05) is 0 Å². The van der Waals surface area contributed by atoms with Crippen molar-refractivity contribution >= 4 is 25.8 Å². The van der Waals surface area contributed by atoms with Crippen LogP contribution in [0.2, 0.25) is 0 Å². The fourth-order valence-electron chi connectivity index (χ4n) is 1.48. The Balaban J connectivity index is 2.47. The average Bonchev–Trinajstić information content (AvgIpc) is 2.75. The fourth-order valence-corrected chi connectivity index (χ4v) is 3.79. The second kappa shape index (κ2) is 4.81. The quantitative estimate of drug-likeness (QED) is 0.864. The summed E-state index contributed by atoms with van der Waals surface area (Å²) in [5.41, 5.74) is 0. The Bertz CT molecular complexity index is 666. The minimum atomic E-state index is -3.55. The molecule has 5 nitrogen and oxygen atoms in total. The summed E-state index contributed by atoms with van der Waals surface area (Å²) in [5.74, 6) is 0.516. The summed E-state index contributed by atoms with van der Waals surface area (Å²) in [6, 6.07) is 6.64. The molecule has 2 rings (SSSR count). The maximum absolute atomic E-state index is 12.4. The zero-order valence-corrected chi connectivity index (χ0v) is 12.2. The largest absolute Gasteiger partial charge is 0.338 e. The van der Waals surface area contributed by atoms with Crippen LogP contribution in [0.4, 0.5) is 0 Å². The molecule has 0 aliphatic carbocycles. The Morgan fingerprint density at radius 3 is 2.56 bits per heavy atom. The Hall–Kier alpha value is -1.21. The number of nitrogens with zero attached hydrogens (tertiary/aromatic N) is 2. The summed E-state index contributed by atoms with van der Waals surface area (Å²) in [6.45, 7) is 3.17. The highest BCUT2D eigenvalue weighted by atomic mass is 79.9. The number of hydrogen-bond donors (Lipinski definition) is 0. The molecule has 1 aromatic heterocycles. The molecule has 1 atom stereocenters. The van der Waals surface area contributed by atoms with E-state index >= 15 is 0 Å². The minimum Gasteiger partial charge on any atom is -0.338 e. The highest BCUT2D eigenvalue weighted by Gasteiger charge is 2.30. The number of sulfone groups is 1. The third-order valence-electron chi connectivity index (χ3n) is 2.50. The van der Waals surface area contributed by atoms with Crippen molar-refractivity contribution in [2.45, 2.75) is 24.0 Å². The van der Waals surface area contributed by atoms with Gasteiger partial charge in [-0.2, -0.15) is 4.98 Å². The molecule has 0 saturated carbocycles. The molecule has 0 radical (unpaired) electrons. The number of halogens is 1. The molecule has 96 valence electrons. The summed E-state index contributed by atoms with van der Waals surface area (Å²) in [7, 11) is -3.55. The zero-order valence-electron chi connectivity index (χ0n) is 9.79. The van der Waals surface area contributed by atoms with Gasteiger partial charge in [0.15, 0.2) is 15.7 Å². The third-order valence-corrected chi connectivity index (χ3v) is 5.56. The molecule has 0 unspecified atom stereocenters. The molecule has 0 fully saturated rings. The number of hydrogen-bond acceptors (Lipinski definition) is 5. The van der Waals surface area contributed by atoms with Crippen LogP contribution in [0, 0.1) is 6.92 Å². The van der Waals surface area contributed by atoms with Gasteiger partial charge in [0.05, 0.1) is 4.90 Å². The molecule has 0 saturated heterocycles. The SMILES string of the molecule is Cc1noc([C@@H](C)S(=O)(=O)c2ccccc2Br)n1. The molecule has 1 aromatic carbocycles. The number of rotatable bonds is 3. The maximum Gasteiger partial charge on any atom is 0.245 e. The standard InChI is InChI=1S/C11H11BrN2O3S/c1-7(11-13-8(2)14-17-11)18(15,16)10-6-4-3-5-9(10)12/h3-7H,1-2H3/t7-/m1/s1. The Morgan fingerprint density at radius 1 is 1.33 bits per heavy atom. The summed E-state index contributed by atoms with van der Waals surface area (Å²) < 4.78 is 30.2. The molecule has 0 bridgehead atoms. The number of benzene rings is 1. The molecule has 0 aliphatic rings. The van der Waals surface area contributed by atoms with Crippen LogP contribution in [0.3, 0.4) is 0 Å². The smallest absolute Gasteiger partial charge is 0.245 e. The van der Waals surface area contributed by atoms with Gasteiger partial charge >= 0.3 is 0 Å². The lowest BCUT2D eigenvalue weighted by Gasteiger charge is -2.10. The first-order chi connectivity index (χ1) is 8.43. The molecule has 0 amide bonds. The van der Waals surface area contributed by atoms with E-state index in [2.05, 4.69) is 26.1 Å². The molecular weight excluding hydrogens is 320 g/mol. The molecule has 0 aliphatic heterocycles. The zero-order chi connectivity index (χ0) is 13.3. The number of aromatic nitrogens is 2. The van der Waals surface area contributed by atoms with E-state index in [0.29, 0.717) is 10.3 Å². The van der Waals surface area contributed by atoms with E-state index in [1.54, 1.807) is 31.2 Å². The van der Waals surface area contributed by atoms with Crippen molar-refractivity contribution in [1.82, 2.24) is 10.1 Å². The summed E-state index contributed by atoms with van der Waals surface area (Å²) >= 11 is 3.23. The second-order valence-corrected chi connectivity index (χ2v) is 6.89. The second-order valence-electron chi connectivity index (χ2n) is 3.80. The Kier molecular flexibility index (Phi) is 3.54. The van der Waals surface area contributed by atoms with Crippen LogP contribution < -0.4 is 0 Å². The van der Waals surface area contributed by atoms with Gasteiger partial charge in [-0.1, -0.05) is 17.3 Å². The van der Waals surface area contributed by atoms with Gasteiger partial charge in [-0.25, -0.2) is 8.42 Å². The van der Waals surface area contributed by atoms with E-state index in [-0.39, 0.29) is 10.8 Å². The number of aryl methyl sites for hydroxylation is 1. The van der Waals surface area contributed by atoms with Crippen molar-refractivity contribution in [3.05, 3.63) is 40.5 Å². The highest BCUT2D eigenvalue weighted by Crippen LogP contribution is 2.31. The first kappa shape index (κ1) is 13.2. The monoisotopic (exact) mass is 330 g/mol. The predicted molar refractivity (Wildman–Crippen MR) is 68.8 cm³/mol. The lowest BCUT2D eigenvalue weighted by molar-refractivity contribution is 0.373. The van der Waals surface area contributed by atoms with E-state index in [9.17, 15) is 8.42 Å². The van der Waals surface area contributed by atoms with E-state index in [1.165, 1.54) is 6.92 Å². The van der Waals surface area contributed by atoms with Crippen molar-refractivity contribution in [3.63, 3.8) is 0 Å². The lowest BCUT2D eigenvalue weighted by Crippen LogP contribution is -2.11. The van der Waals surface area contributed by atoms with E-state index in [4.69, 9.17) is 4.52 Å². The van der Waals surface area contributed by atoms with E-state index in [1.807, 2.05) is 0 Å². The maximum atomic E-state index is 12.4. The van der Waals surface area contributed by atoms with E-state index in [0.717, 1.165) is 0 Å². The van der Waals surface area contributed by atoms with Crippen LogP contribution >= 0.6 is 15.9 Å². The van der Waals surface area contributed by atoms with Gasteiger partial charge in [-0.3, -0.25) is 0 Å². The van der Waals surface area contributed by atoms with E-state index < -0.39 is 15.1 Å². The molecule has 2 aromatic rings. The predicted octanol–water partition coefficient (Wildman–Crippen LogP) is 2.68. The molecule has 18 heavy (non-hydrogen) atoms. The van der Waals surface area contributed by atoms with Gasteiger partial charge < -0.3 is 4.52 Å². The van der Waals surface area contributed by atoms with Gasteiger partial charge in [0.2, 0.25) is 5.89 Å². The van der Waals surface area contributed by atoms with Gasteiger partial charge in [0, 0.05) is 4.47 Å². The molecule has 0 N–H and O–H groups in total. The first-order valence-electron chi connectivity index (χ1n) is 5.21. The summed E-state index contributed by atoms with van der Waals surface area (Å²) in [6.07, 6.45) is 0. The topological polar surface area (TPSA) is 73.1 Å². The van der Waals surface area contributed by atoms with Crippen LogP contribution in [0.5, 0.6) is 0 Å². The highest BCUT2D eigenvalue weighted by molar-refractivity contribution is 9.10. The Labute approximate surface area is 113 Å². The van der Waals surface area contributed by atoms with Crippen molar-refractivity contribution < 1.29 is 12.9 Å². The molecule has 7 heteroatoms. The fraction of sp³-hybridized carbons (Fsp3) is 0.273. The van der Waals surface area contributed by atoms with Crippen molar-refractivity contribution in [3.8, 4) is 0 Å². The first-order valence-corrected chi connectivity index (χ1v) is 7.55. The van der Waals surface area contributed by atoms with Crippen LogP contribution in [0.15, 0.2) is 38.2 Å². The normalized spacial score (nSPS) is 13.5. The Morgan fingerprint density at radius 2 is 2.00 bits per heavy atom. The lowest BCUT2D eigenvalue weighted by atomic mass is 10.4.